The Bertz CT molecular complexity index is 544. The predicted molar refractivity (Wildman–Crippen MR) is 94.9 cm³/mol. The Hall–Kier alpha value is -2.24. The number of hydrogen-bond acceptors (Lipinski definition) is 3. The van der Waals surface area contributed by atoms with Gasteiger partial charge in [0.2, 0.25) is 0 Å². The van der Waals surface area contributed by atoms with Crippen LogP contribution in [0.3, 0.4) is 0 Å². The van der Waals surface area contributed by atoms with Crippen LogP contribution in [0.5, 0.6) is 5.75 Å². The van der Waals surface area contributed by atoms with Crippen LogP contribution in [0, 0.1) is 5.92 Å². The molecule has 0 aliphatic heterocycles. The fraction of sp³-hybridized carbons (Fsp3) is 0.556. The zero-order valence-corrected chi connectivity index (χ0v) is 15.3. The molecule has 3 amide bonds. The first-order chi connectivity index (χ1) is 11.3. The van der Waals surface area contributed by atoms with Gasteiger partial charge in [0.05, 0.1) is 0 Å². The summed E-state index contributed by atoms with van der Waals surface area (Å²) in [5.74, 6) is 0.905. The lowest BCUT2D eigenvalue weighted by Gasteiger charge is -2.21. The summed E-state index contributed by atoms with van der Waals surface area (Å²) in [7, 11) is 3.37. The first-order valence-electron chi connectivity index (χ1n) is 8.29. The van der Waals surface area contributed by atoms with Gasteiger partial charge in [-0.25, -0.2) is 4.79 Å². The predicted octanol–water partition coefficient (Wildman–Crippen LogP) is 2.39. The topological polar surface area (TPSA) is 70.7 Å². The molecule has 1 aromatic carbocycles. The molecule has 0 aromatic heterocycles. The van der Waals surface area contributed by atoms with E-state index in [1.54, 1.807) is 20.2 Å². The summed E-state index contributed by atoms with van der Waals surface area (Å²) in [6.07, 6.45) is 0.897. The number of carbonyl (C=O) groups excluding carboxylic acids is 2. The highest BCUT2D eigenvalue weighted by Gasteiger charge is 2.13. The van der Waals surface area contributed by atoms with Crippen LogP contribution >= 0.6 is 0 Å². The number of likely N-dealkylation sites (N-methyl/N-ethyl adjacent to an activating group) is 1. The second-order valence-corrected chi connectivity index (χ2v) is 6.31. The monoisotopic (exact) mass is 335 g/mol. The van der Waals surface area contributed by atoms with Crippen molar-refractivity contribution in [3.63, 3.8) is 0 Å². The van der Waals surface area contributed by atoms with Crippen molar-refractivity contribution in [2.75, 3.05) is 20.7 Å². The van der Waals surface area contributed by atoms with Gasteiger partial charge in [0.25, 0.3) is 5.91 Å². The van der Waals surface area contributed by atoms with Gasteiger partial charge < -0.3 is 20.3 Å². The summed E-state index contributed by atoms with van der Waals surface area (Å²) < 4.78 is 5.47. The molecule has 134 valence electrons. The molecule has 0 aliphatic rings. The molecule has 0 fully saturated rings. The van der Waals surface area contributed by atoms with Gasteiger partial charge in [-0.1, -0.05) is 32.9 Å². The van der Waals surface area contributed by atoms with Crippen molar-refractivity contribution >= 4 is 11.9 Å². The van der Waals surface area contributed by atoms with Gasteiger partial charge in [0.1, 0.15) is 5.75 Å². The van der Waals surface area contributed by atoms with Gasteiger partial charge in [-0.2, -0.15) is 0 Å². The maximum atomic E-state index is 12.0. The molecule has 0 saturated carbocycles. The maximum absolute atomic E-state index is 12.0. The van der Waals surface area contributed by atoms with E-state index in [2.05, 4.69) is 31.4 Å². The molecule has 0 aliphatic carbocycles. The van der Waals surface area contributed by atoms with Crippen LogP contribution in [-0.4, -0.2) is 43.6 Å². The van der Waals surface area contributed by atoms with Gasteiger partial charge in [0, 0.05) is 26.7 Å². The second kappa shape index (κ2) is 9.80. The molecule has 0 saturated heterocycles. The van der Waals surface area contributed by atoms with Crippen LogP contribution in [-0.2, 0) is 11.3 Å². The molecule has 24 heavy (non-hydrogen) atoms. The van der Waals surface area contributed by atoms with Crippen LogP contribution in [0.15, 0.2) is 24.3 Å². The third-order valence-electron chi connectivity index (χ3n) is 3.77. The summed E-state index contributed by atoms with van der Waals surface area (Å²) in [6, 6.07) is 7.34. The number of rotatable bonds is 8. The SMILES string of the molecule is CC[C@H](NC(=O)NCc1cccc(OCC(=O)N(C)C)c1)C(C)C. The molecule has 2 N–H and O–H groups in total. The van der Waals surface area contributed by atoms with Gasteiger partial charge in [-0.05, 0) is 30.0 Å². The van der Waals surface area contributed by atoms with E-state index in [1.165, 1.54) is 4.90 Å². The summed E-state index contributed by atoms with van der Waals surface area (Å²) in [4.78, 5) is 25.0. The summed E-state index contributed by atoms with van der Waals surface area (Å²) in [6.45, 7) is 6.63. The van der Waals surface area contributed by atoms with Crippen molar-refractivity contribution < 1.29 is 14.3 Å². The third-order valence-corrected chi connectivity index (χ3v) is 3.77. The van der Waals surface area contributed by atoms with E-state index in [9.17, 15) is 9.59 Å². The van der Waals surface area contributed by atoms with E-state index >= 15 is 0 Å². The molecule has 1 atom stereocenters. The highest BCUT2D eigenvalue weighted by molar-refractivity contribution is 5.77. The van der Waals surface area contributed by atoms with Crippen molar-refractivity contribution in [3.8, 4) is 5.75 Å². The molecule has 0 spiro atoms. The zero-order valence-electron chi connectivity index (χ0n) is 15.3. The number of carbonyl (C=O) groups is 2. The average molecular weight is 335 g/mol. The lowest BCUT2D eigenvalue weighted by atomic mass is 10.0. The van der Waals surface area contributed by atoms with Crippen molar-refractivity contribution in [3.05, 3.63) is 29.8 Å². The first kappa shape index (κ1) is 19.8. The highest BCUT2D eigenvalue weighted by atomic mass is 16.5. The van der Waals surface area contributed by atoms with Crippen LogP contribution < -0.4 is 15.4 Å². The normalized spacial score (nSPS) is 11.8. The first-order valence-corrected chi connectivity index (χ1v) is 8.29. The van der Waals surface area contributed by atoms with Crippen LogP contribution in [0.2, 0.25) is 0 Å². The Kier molecular flexibility index (Phi) is 8.09. The van der Waals surface area contributed by atoms with Crippen molar-refractivity contribution in [2.24, 2.45) is 5.92 Å². The lowest BCUT2D eigenvalue weighted by molar-refractivity contribution is -0.130. The number of nitrogens with zero attached hydrogens (tertiary/aromatic N) is 1. The second-order valence-electron chi connectivity index (χ2n) is 6.31. The van der Waals surface area contributed by atoms with E-state index in [1.807, 2.05) is 18.2 Å². The average Bonchev–Trinajstić information content (AvgIpc) is 2.55. The molecule has 0 bridgehead atoms. The van der Waals surface area contributed by atoms with E-state index in [0.717, 1.165) is 12.0 Å². The molecular formula is C18H29N3O3. The molecule has 0 radical (unpaired) electrons. The summed E-state index contributed by atoms with van der Waals surface area (Å²) >= 11 is 0. The Morgan fingerprint density at radius 2 is 1.96 bits per heavy atom. The smallest absolute Gasteiger partial charge is 0.315 e. The fourth-order valence-corrected chi connectivity index (χ4v) is 2.16. The van der Waals surface area contributed by atoms with Gasteiger partial charge in [0.15, 0.2) is 6.61 Å². The van der Waals surface area contributed by atoms with Crippen LogP contribution in [0.1, 0.15) is 32.8 Å². The number of benzene rings is 1. The minimum Gasteiger partial charge on any atom is -0.484 e. The van der Waals surface area contributed by atoms with Crippen LogP contribution in [0.25, 0.3) is 0 Å². The molecule has 6 heteroatoms. The van der Waals surface area contributed by atoms with Gasteiger partial charge in [-0.3, -0.25) is 4.79 Å². The highest BCUT2D eigenvalue weighted by Crippen LogP contribution is 2.13. The number of urea groups is 1. The summed E-state index contributed by atoms with van der Waals surface area (Å²) in [5, 5.41) is 5.82. The molecular weight excluding hydrogens is 306 g/mol. The van der Waals surface area contributed by atoms with E-state index in [4.69, 9.17) is 4.74 Å². The largest absolute Gasteiger partial charge is 0.484 e. The molecule has 6 nitrogen and oxygen atoms in total. The van der Waals surface area contributed by atoms with Gasteiger partial charge >= 0.3 is 6.03 Å². The van der Waals surface area contributed by atoms with Crippen molar-refractivity contribution in [1.82, 2.24) is 15.5 Å². The number of hydrogen-bond donors (Lipinski definition) is 2. The standard InChI is InChI=1S/C18H29N3O3/c1-6-16(13(2)3)20-18(23)19-11-14-8-7-9-15(10-14)24-12-17(22)21(4)5/h7-10,13,16H,6,11-12H2,1-5H3,(H2,19,20,23)/t16-/m0/s1. The number of ether oxygens (including phenoxy) is 1. The Morgan fingerprint density at radius 1 is 1.25 bits per heavy atom. The molecule has 0 unspecified atom stereocenters. The molecule has 0 heterocycles. The Labute approximate surface area is 144 Å². The van der Waals surface area contributed by atoms with E-state index in [-0.39, 0.29) is 24.6 Å². The quantitative estimate of drug-likeness (QED) is 0.766. The number of amides is 3. The van der Waals surface area contributed by atoms with E-state index in [0.29, 0.717) is 18.2 Å². The zero-order chi connectivity index (χ0) is 18.1. The van der Waals surface area contributed by atoms with Gasteiger partial charge in [-0.15, -0.1) is 0 Å². The molecule has 1 rings (SSSR count). The van der Waals surface area contributed by atoms with E-state index < -0.39 is 0 Å². The fourth-order valence-electron chi connectivity index (χ4n) is 2.16. The minimum atomic E-state index is -0.176. The molecule has 1 aromatic rings. The van der Waals surface area contributed by atoms with Crippen molar-refractivity contribution in [2.45, 2.75) is 39.8 Å². The lowest BCUT2D eigenvalue weighted by Crippen LogP contribution is -2.43. The Morgan fingerprint density at radius 3 is 2.54 bits per heavy atom. The maximum Gasteiger partial charge on any atom is 0.315 e. The summed E-state index contributed by atoms with van der Waals surface area (Å²) in [5.41, 5.74) is 0.914. The minimum absolute atomic E-state index is 0.00304. The number of nitrogens with one attached hydrogen (secondary N) is 2. The van der Waals surface area contributed by atoms with Crippen LogP contribution in [0.4, 0.5) is 4.79 Å². The third kappa shape index (κ3) is 6.89. The Balaban J connectivity index is 2.49. The van der Waals surface area contributed by atoms with Crippen molar-refractivity contribution in [1.29, 1.82) is 0 Å².